The van der Waals surface area contributed by atoms with Crippen molar-refractivity contribution in [2.75, 3.05) is 41.0 Å². The smallest absolute Gasteiger partial charge is 0.411 e. The van der Waals surface area contributed by atoms with E-state index in [2.05, 4.69) is 15.0 Å². The van der Waals surface area contributed by atoms with Crippen molar-refractivity contribution in [1.82, 2.24) is 10.2 Å². The van der Waals surface area contributed by atoms with Crippen molar-refractivity contribution in [1.29, 1.82) is 0 Å². The summed E-state index contributed by atoms with van der Waals surface area (Å²) in [6, 6.07) is 7.68. The van der Waals surface area contributed by atoms with Gasteiger partial charge in [-0.05, 0) is 12.5 Å². The van der Waals surface area contributed by atoms with Crippen LogP contribution in [-0.2, 0) is 11.3 Å². The summed E-state index contributed by atoms with van der Waals surface area (Å²) >= 11 is 0. The summed E-state index contributed by atoms with van der Waals surface area (Å²) in [5.74, 6) is 1.44. The van der Waals surface area contributed by atoms with E-state index >= 15 is 0 Å². The zero-order valence-corrected chi connectivity index (χ0v) is 16.9. The van der Waals surface area contributed by atoms with Gasteiger partial charge in [0.25, 0.3) is 0 Å². The van der Waals surface area contributed by atoms with Gasteiger partial charge in [0.2, 0.25) is 0 Å². The maximum absolute atomic E-state index is 11.9. The highest BCUT2D eigenvalue weighted by atomic mass is 127. The molecule has 1 aromatic rings. The molecule has 1 rings (SSSR count). The highest BCUT2D eigenvalue weighted by Gasteiger charge is 2.27. The SMILES string of the molecule is CN=C(NCCCOCC(F)(F)F)N(C)Cc1ccccc1OC.I. The van der Waals surface area contributed by atoms with Crippen molar-refractivity contribution < 1.29 is 22.6 Å². The Kier molecular flexibility index (Phi) is 11.6. The molecule has 0 amide bonds. The van der Waals surface area contributed by atoms with Gasteiger partial charge in [-0.3, -0.25) is 4.99 Å². The number of hydrogen-bond donors (Lipinski definition) is 1. The van der Waals surface area contributed by atoms with E-state index in [0.717, 1.165) is 11.3 Å². The van der Waals surface area contributed by atoms with E-state index in [1.54, 1.807) is 14.2 Å². The monoisotopic (exact) mass is 475 g/mol. The molecular formula is C16H25F3IN3O2. The van der Waals surface area contributed by atoms with Gasteiger partial charge >= 0.3 is 6.18 Å². The molecule has 0 bridgehead atoms. The normalized spacial score (nSPS) is 11.7. The highest BCUT2D eigenvalue weighted by molar-refractivity contribution is 14.0. The van der Waals surface area contributed by atoms with E-state index in [0.29, 0.717) is 25.5 Å². The third kappa shape index (κ3) is 9.73. The summed E-state index contributed by atoms with van der Waals surface area (Å²) in [5, 5.41) is 3.10. The maximum Gasteiger partial charge on any atom is 0.411 e. The first-order valence-corrected chi connectivity index (χ1v) is 7.55. The van der Waals surface area contributed by atoms with E-state index in [1.807, 2.05) is 36.2 Å². The Morgan fingerprint density at radius 3 is 2.56 bits per heavy atom. The van der Waals surface area contributed by atoms with E-state index in [9.17, 15) is 13.2 Å². The van der Waals surface area contributed by atoms with E-state index < -0.39 is 12.8 Å². The lowest BCUT2D eigenvalue weighted by Gasteiger charge is -2.23. The topological polar surface area (TPSA) is 46.1 Å². The first kappa shape index (κ1) is 23.8. The lowest BCUT2D eigenvalue weighted by atomic mass is 10.2. The summed E-state index contributed by atoms with van der Waals surface area (Å²) in [6.07, 6.45) is -3.82. The molecule has 0 saturated carbocycles. The molecule has 0 spiro atoms. The minimum Gasteiger partial charge on any atom is -0.496 e. The molecule has 1 N–H and O–H groups in total. The van der Waals surface area contributed by atoms with Gasteiger partial charge in [0.05, 0.1) is 7.11 Å². The van der Waals surface area contributed by atoms with Crippen LogP contribution in [0.3, 0.4) is 0 Å². The number of hydrogen-bond acceptors (Lipinski definition) is 3. The number of benzene rings is 1. The number of guanidine groups is 1. The van der Waals surface area contributed by atoms with E-state index in [1.165, 1.54) is 0 Å². The maximum atomic E-state index is 11.9. The number of aliphatic imine (C=N–C) groups is 1. The molecule has 0 aliphatic heterocycles. The van der Waals surface area contributed by atoms with Crippen molar-refractivity contribution in [3.8, 4) is 5.75 Å². The van der Waals surface area contributed by atoms with Crippen LogP contribution in [0.25, 0.3) is 0 Å². The summed E-state index contributed by atoms with van der Waals surface area (Å²) in [7, 11) is 5.15. The average Bonchev–Trinajstić information content (AvgIpc) is 2.53. The molecule has 0 heterocycles. The van der Waals surface area contributed by atoms with Crippen molar-refractivity contribution >= 4 is 29.9 Å². The first-order valence-electron chi connectivity index (χ1n) is 7.55. The number of rotatable bonds is 8. The zero-order chi connectivity index (χ0) is 18.0. The summed E-state index contributed by atoms with van der Waals surface area (Å²) in [5.41, 5.74) is 1.01. The number of nitrogens with zero attached hydrogens (tertiary/aromatic N) is 2. The van der Waals surface area contributed by atoms with Crippen molar-refractivity contribution in [2.45, 2.75) is 19.1 Å². The number of ether oxygens (including phenoxy) is 2. The molecule has 5 nitrogen and oxygen atoms in total. The number of nitrogens with one attached hydrogen (secondary N) is 1. The van der Waals surface area contributed by atoms with Gasteiger partial charge in [0.15, 0.2) is 5.96 Å². The van der Waals surface area contributed by atoms with Crippen LogP contribution in [0.2, 0.25) is 0 Å². The van der Waals surface area contributed by atoms with Gasteiger partial charge in [-0.25, -0.2) is 0 Å². The molecule has 0 radical (unpaired) electrons. The molecule has 1 aromatic carbocycles. The Morgan fingerprint density at radius 2 is 1.96 bits per heavy atom. The van der Waals surface area contributed by atoms with Gasteiger partial charge in [0, 0.05) is 39.4 Å². The summed E-state index contributed by atoms with van der Waals surface area (Å²) in [4.78, 5) is 6.08. The summed E-state index contributed by atoms with van der Waals surface area (Å²) in [6.45, 7) is -0.107. The predicted molar refractivity (Wildman–Crippen MR) is 103 cm³/mol. The minimum atomic E-state index is -4.28. The fourth-order valence-corrected chi connectivity index (χ4v) is 2.11. The molecule has 9 heteroatoms. The Balaban J connectivity index is 0.00000576. The van der Waals surface area contributed by atoms with Crippen LogP contribution < -0.4 is 10.1 Å². The third-order valence-corrected chi connectivity index (χ3v) is 3.19. The van der Waals surface area contributed by atoms with Crippen LogP contribution in [0.1, 0.15) is 12.0 Å². The largest absolute Gasteiger partial charge is 0.496 e. The van der Waals surface area contributed by atoms with E-state index in [4.69, 9.17) is 4.74 Å². The van der Waals surface area contributed by atoms with Crippen LogP contribution in [0.15, 0.2) is 29.3 Å². The molecule has 0 fully saturated rings. The summed E-state index contributed by atoms with van der Waals surface area (Å²) < 4.78 is 45.7. The van der Waals surface area contributed by atoms with Crippen molar-refractivity contribution in [3.05, 3.63) is 29.8 Å². The Labute approximate surface area is 163 Å². The second-order valence-corrected chi connectivity index (χ2v) is 5.16. The molecule has 0 unspecified atom stereocenters. The second-order valence-electron chi connectivity index (χ2n) is 5.16. The van der Waals surface area contributed by atoms with Gasteiger partial charge in [-0.1, -0.05) is 18.2 Å². The predicted octanol–water partition coefficient (Wildman–Crippen LogP) is 3.29. The molecule has 0 aromatic heterocycles. The van der Waals surface area contributed by atoms with Gasteiger partial charge in [-0.2, -0.15) is 13.2 Å². The molecule has 0 atom stereocenters. The molecular weight excluding hydrogens is 450 g/mol. The third-order valence-electron chi connectivity index (χ3n) is 3.19. The van der Waals surface area contributed by atoms with Crippen LogP contribution in [0.4, 0.5) is 13.2 Å². The Bertz CT molecular complexity index is 528. The average molecular weight is 475 g/mol. The number of methoxy groups -OCH3 is 1. The van der Waals surface area contributed by atoms with Crippen LogP contribution >= 0.6 is 24.0 Å². The first-order chi connectivity index (χ1) is 11.4. The highest BCUT2D eigenvalue weighted by Crippen LogP contribution is 2.18. The fraction of sp³-hybridized carbons (Fsp3) is 0.562. The lowest BCUT2D eigenvalue weighted by molar-refractivity contribution is -0.173. The quantitative estimate of drug-likeness (QED) is 0.272. The second kappa shape index (κ2) is 12.2. The van der Waals surface area contributed by atoms with Crippen LogP contribution in [0, 0.1) is 0 Å². The molecule has 0 aliphatic carbocycles. The Morgan fingerprint density at radius 1 is 1.28 bits per heavy atom. The zero-order valence-electron chi connectivity index (χ0n) is 14.6. The van der Waals surface area contributed by atoms with Gasteiger partial charge < -0.3 is 19.7 Å². The molecule has 0 aliphatic rings. The van der Waals surface area contributed by atoms with Crippen molar-refractivity contribution in [2.24, 2.45) is 4.99 Å². The molecule has 0 saturated heterocycles. The number of alkyl halides is 3. The minimum absolute atomic E-state index is 0. The van der Waals surface area contributed by atoms with Gasteiger partial charge in [0.1, 0.15) is 12.4 Å². The van der Waals surface area contributed by atoms with E-state index in [-0.39, 0.29) is 30.6 Å². The van der Waals surface area contributed by atoms with Crippen molar-refractivity contribution in [3.63, 3.8) is 0 Å². The Hall–Kier alpha value is -1.23. The fourth-order valence-electron chi connectivity index (χ4n) is 2.11. The van der Waals surface area contributed by atoms with Crippen LogP contribution in [-0.4, -0.2) is 58.0 Å². The molecule has 144 valence electrons. The number of halogens is 4. The van der Waals surface area contributed by atoms with Gasteiger partial charge in [-0.15, -0.1) is 24.0 Å². The van der Waals surface area contributed by atoms with Crippen LogP contribution in [0.5, 0.6) is 5.75 Å². The molecule has 25 heavy (non-hydrogen) atoms. The lowest BCUT2D eigenvalue weighted by Crippen LogP contribution is -2.39. The number of para-hydroxylation sites is 1. The standard InChI is InChI=1S/C16H24F3N3O2.HI/c1-20-15(21-9-6-10-24-12-16(17,18)19)22(2)11-13-7-4-5-8-14(13)23-3;/h4-5,7-8H,6,9-12H2,1-3H3,(H,20,21);1H.